The summed E-state index contributed by atoms with van der Waals surface area (Å²) in [6.45, 7) is 0. The number of nitrogens with one attached hydrogen (secondary N) is 2. The number of anilines is 1. The molecule has 0 spiro atoms. The van der Waals surface area contributed by atoms with Crippen LogP contribution in [0.1, 0.15) is 5.56 Å². The highest BCUT2D eigenvalue weighted by Gasteiger charge is 2.11. The summed E-state index contributed by atoms with van der Waals surface area (Å²) in [5.74, 6) is 2.49. The molecule has 26 heavy (non-hydrogen) atoms. The van der Waals surface area contributed by atoms with Crippen molar-refractivity contribution in [3.63, 3.8) is 0 Å². The molecule has 8 heteroatoms. The van der Waals surface area contributed by atoms with E-state index in [9.17, 15) is 0 Å². The van der Waals surface area contributed by atoms with Crippen molar-refractivity contribution in [1.82, 2.24) is 5.43 Å². The van der Waals surface area contributed by atoms with Crippen LogP contribution in [-0.2, 0) is 0 Å². The van der Waals surface area contributed by atoms with Gasteiger partial charge in [-0.1, -0.05) is 6.07 Å². The van der Waals surface area contributed by atoms with Gasteiger partial charge in [0.25, 0.3) is 0 Å². The zero-order chi connectivity index (χ0) is 18.9. The fourth-order valence-electron chi connectivity index (χ4n) is 2.18. The molecular weight excluding hydrogens is 354 g/mol. The second-order valence-corrected chi connectivity index (χ2v) is 5.41. The molecule has 0 aliphatic heterocycles. The number of hydrogen-bond acceptors (Lipinski definition) is 6. The Morgan fingerprint density at radius 1 is 0.923 bits per heavy atom. The minimum atomic E-state index is 0.334. The summed E-state index contributed by atoms with van der Waals surface area (Å²) in [7, 11) is 6.31. The van der Waals surface area contributed by atoms with E-state index >= 15 is 0 Å². The number of benzene rings is 2. The normalized spacial score (nSPS) is 10.3. The minimum absolute atomic E-state index is 0.334. The molecule has 2 aromatic carbocycles. The number of hydrogen-bond donors (Lipinski definition) is 2. The molecule has 0 fully saturated rings. The Bertz CT molecular complexity index is 771. The first kappa shape index (κ1) is 19.3. The van der Waals surface area contributed by atoms with Gasteiger partial charge in [-0.3, -0.25) is 5.43 Å². The molecule has 0 amide bonds. The minimum Gasteiger partial charge on any atom is -0.497 e. The molecule has 0 saturated heterocycles. The van der Waals surface area contributed by atoms with E-state index in [4.69, 9.17) is 31.2 Å². The quantitative estimate of drug-likeness (QED) is 0.438. The molecule has 0 radical (unpaired) electrons. The third kappa shape index (κ3) is 5.00. The molecule has 0 aliphatic rings. The number of thiocarbonyl (C=S) groups is 1. The standard InChI is InChI=1S/C18H21N3O4S/c1-22-13-7-5-6-12(8-13)20-18(26)21-19-11-15-16(24-3)9-14(23-2)10-17(15)25-4/h5-11H,1-4H3,(H2,20,21,26)/b19-11+. The Balaban J connectivity index is 2.08. The molecule has 0 atom stereocenters. The van der Waals surface area contributed by atoms with Crippen LogP contribution in [-0.4, -0.2) is 39.8 Å². The van der Waals surface area contributed by atoms with Crippen molar-refractivity contribution in [3.05, 3.63) is 42.0 Å². The van der Waals surface area contributed by atoms with Crippen molar-refractivity contribution in [2.45, 2.75) is 0 Å². The first-order valence-electron chi connectivity index (χ1n) is 7.65. The predicted octanol–water partition coefficient (Wildman–Crippen LogP) is 3.04. The van der Waals surface area contributed by atoms with E-state index in [1.807, 2.05) is 24.3 Å². The van der Waals surface area contributed by atoms with E-state index in [-0.39, 0.29) is 0 Å². The molecule has 7 nitrogen and oxygen atoms in total. The SMILES string of the molecule is COc1cccc(NC(=S)N/N=C/c2c(OC)cc(OC)cc2OC)c1. The molecule has 0 aliphatic carbocycles. The van der Waals surface area contributed by atoms with E-state index in [2.05, 4.69) is 15.8 Å². The Morgan fingerprint density at radius 2 is 1.58 bits per heavy atom. The van der Waals surface area contributed by atoms with Gasteiger partial charge in [-0.05, 0) is 24.4 Å². The third-order valence-electron chi connectivity index (χ3n) is 3.44. The fraction of sp³-hybridized carbons (Fsp3) is 0.222. The van der Waals surface area contributed by atoms with Gasteiger partial charge in [0.1, 0.15) is 23.0 Å². The van der Waals surface area contributed by atoms with Crippen molar-refractivity contribution in [3.8, 4) is 23.0 Å². The smallest absolute Gasteiger partial charge is 0.191 e. The summed E-state index contributed by atoms with van der Waals surface area (Å²) in [6.07, 6.45) is 1.57. The lowest BCUT2D eigenvalue weighted by Gasteiger charge is -2.12. The molecule has 0 aromatic heterocycles. The van der Waals surface area contributed by atoms with Crippen LogP contribution in [0.4, 0.5) is 5.69 Å². The highest BCUT2D eigenvalue weighted by Crippen LogP contribution is 2.32. The molecule has 0 unspecified atom stereocenters. The van der Waals surface area contributed by atoms with E-state index in [1.54, 1.807) is 46.8 Å². The summed E-state index contributed by atoms with van der Waals surface area (Å²) in [4.78, 5) is 0. The highest BCUT2D eigenvalue weighted by atomic mass is 32.1. The lowest BCUT2D eigenvalue weighted by atomic mass is 10.2. The van der Waals surface area contributed by atoms with Crippen LogP contribution in [0.15, 0.2) is 41.5 Å². The first-order chi connectivity index (χ1) is 12.6. The first-order valence-corrected chi connectivity index (χ1v) is 8.06. The number of hydrazone groups is 1. The number of nitrogens with zero attached hydrogens (tertiary/aromatic N) is 1. The van der Waals surface area contributed by atoms with Gasteiger partial charge in [0.05, 0.1) is 40.2 Å². The maximum Gasteiger partial charge on any atom is 0.191 e. The van der Waals surface area contributed by atoms with Crippen LogP contribution in [0.25, 0.3) is 0 Å². The van der Waals surface area contributed by atoms with Crippen molar-refractivity contribution in [1.29, 1.82) is 0 Å². The van der Waals surface area contributed by atoms with Crippen molar-refractivity contribution < 1.29 is 18.9 Å². The Morgan fingerprint density at radius 3 is 2.15 bits per heavy atom. The number of methoxy groups -OCH3 is 4. The lowest BCUT2D eigenvalue weighted by molar-refractivity contribution is 0.374. The molecule has 2 N–H and O–H groups in total. The number of ether oxygens (including phenoxy) is 4. The maximum absolute atomic E-state index is 5.37. The molecule has 2 aromatic rings. The second-order valence-electron chi connectivity index (χ2n) is 5.00. The Labute approximate surface area is 157 Å². The summed E-state index contributed by atoms with van der Waals surface area (Å²) >= 11 is 5.23. The van der Waals surface area contributed by atoms with Gasteiger partial charge in [-0.15, -0.1) is 0 Å². The van der Waals surface area contributed by atoms with Crippen molar-refractivity contribution >= 4 is 29.2 Å². The van der Waals surface area contributed by atoms with E-state index in [0.717, 1.165) is 11.4 Å². The second kappa shape index (κ2) is 9.47. The van der Waals surface area contributed by atoms with Gasteiger partial charge in [0.15, 0.2) is 5.11 Å². The number of rotatable bonds is 7. The molecule has 0 bridgehead atoms. The molecule has 2 rings (SSSR count). The molecular formula is C18H21N3O4S. The molecule has 0 heterocycles. The van der Waals surface area contributed by atoms with Crippen LogP contribution in [0.5, 0.6) is 23.0 Å². The van der Waals surface area contributed by atoms with Crippen LogP contribution < -0.4 is 29.7 Å². The van der Waals surface area contributed by atoms with Crippen LogP contribution in [0, 0.1) is 0 Å². The highest BCUT2D eigenvalue weighted by molar-refractivity contribution is 7.80. The predicted molar refractivity (Wildman–Crippen MR) is 106 cm³/mol. The average Bonchev–Trinajstić information content (AvgIpc) is 2.67. The summed E-state index contributed by atoms with van der Waals surface area (Å²) in [5.41, 5.74) is 4.20. The largest absolute Gasteiger partial charge is 0.497 e. The molecule has 0 saturated carbocycles. The van der Waals surface area contributed by atoms with Crippen LogP contribution in [0.2, 0.25) is 0 Å². The summed E-state index contributed by atoms with van der Waals surface area (Å²) in [6, 6.07) is 10.9. The zero-order valence-corrected chi connectivity index (χ0v) is 15.8. The van der Waals surface area contributed by atoms with E-state index in [1.165, 1.54) is 0 Å². The van der Waals surface area contributed by atoms with Gasteiger partial charge in [0, 0.05) is 23.9 Å². The van der Waals surface area contributed by atoms with E-state index < -0.39 is 0 Å². The third-order valence-corrected chi connectivity index (χ3v) is 3.63. The van der Waals surface area contributed by atoms with Gasteiger partial charge < -0.3 is 24.3 Å². The molecule has 138 valence electrons. The average molecular weight is 375 g/mol. The van der Waals surface area contributed by atoms with Crippen molar-refractivity contribution in [2.75, 3.05) is 33.8 Å². The Hall–Kier alpha value is -3.00. The lowest BCUT2D eigenvalue weighted by Crippen LogP contribution is -2.23. The summed E-state index contributed by atoms with van der Waals surface area (Å²) in [5, 5.41) is 7.50. The van der Waals surface area contributed by atoms with Gasteiger partial charge in [-0.2, -0.15) is 5.10 Å². The van der Waals surface area contributed by atoms with Crippen LogP contribution >= 0.6 is 12.2 Å². The monoisotopic (exact) mass is 375 g/mol. The van der Waals surface area contributed by atoms with Gasteiger partial charge in [-0.25, -0.2) is 0 Å². The van der Waals surface area contributed by atoms with E-state index in [0.29, 0.717) is 27.9 Å². The van der Waals surface area contributed by atoms with Crippen molar-refractivity contribution in [2.24, 2.45) is 5.10 Å². The van der Waals surface area contributed by atoms with Gasteiger partial charge in [0.2, 0.25) is 0 Å². The topological polar surface area (TPSA) is 73.3 Å². The summed E-state index contributed by atoms with van der Waals surface area (Å²) < 4.78 is 21.1. The van der Waals surface area contributed by atoms with Gasteiger partial charge >= 0.3 is 0 Å². The Kier molecular flexibility index (Phi) is 7.04. The fourth-order valence-corrected chi connectivity index (χ4v) is 2.35. The van der Waals surface area contributed by atoms with Crippen LogP contribution in [0.3, 0.4) is 0 Å². The zero-order valence-electron chi connectivity index (χ0n) is 15.0. The maximum atomic E-state index is 5.37.